The number of methoxy groups -OCH3 is 1. The van der Waals surface area contributed by atoms with Gasteiger partial charge in [-0.2, -0.15) is 0 Å². The second-order valence-electron chi connectivity index (χ2n) is 5.72. The first-order valence-electron chi connectivity index (χ1n) is 8.12. The number of ether oxygens (including phenoxy) is 2. The predicted octanol–water partition coefficient (Wildman–Crippen LogP) is 1.67. The number of hydrogen-bond acceptors (Lipinski definition) is 8. The Hall–Kier alpha value is -2.56. The average molecular weight is 425 g/mol. The zero-order valence-electron chi connectivity index (χ0n) is 15.3. The first-order valence-corrected chi connectivity index (χ1v) is 10.8. The molecule has 10 heteroatoms. The van der Waals surface area contributed by atoms with Gasteiger partial charge in [0.05, 0.1) is 29.4 Å². The number of Topliss-reactive ketones (excluding diaryl/α,β-unsaturated/α-hetero) is 1. The largest absolute Gasteiger partial charge is 0.465 e. The Morgan fingerprint density at radius 2 is 1.68 bits per heavy atom. The highest BCUT2D eigenvalue weighted by molar-refractivity contribution is 7.88. The molecule has 2 rings (SSSR count). The van der Waals surface area contributed by atoms with E-state index in [0.717, 1.165) is 11.1 Å². The van der Waals surface area contributed by atoms with Crippen LogP contribution >= 0.6 is 11.3 Å². The lowest BCUT2D eigenvalue weighted by Crippen LogP contribution is -2.24. The van der Waals surface area contributed by atoms with Gasteiger partial charge in [-0.3, -0.25) is 4.79 Å². The maximum atomic E-state index is 12.2. The number of esters is 2. The van der Waals surface area contributed by atoms with Crippen LogP contribution < -0.4 is 4.72 Å². The number of thiophene rings is 1. The van der Waals surface area contributed by atoms with Crippen LogP contribution in [0.15, 0.2) is 36.4 Å². The Morgan fingerprint density at radius 1 is 1.04 bits per heavy atom. The number of benzene rings is 1. The fraction of sp³-hybridized carbons (Fsp3) is 0.278. The first-order chi connectivity index (χ1) is 13.2. The van der Waals surface area contributed by atoms with Gasteiger partial charge >= 0.3 is 11.9 Å². The average Bonchev–Trinajstić information content (AvgIpc) is 3.13. The zero-order chi connectivity index (χ0) is 20.7. The number of carbonyl (C=O) groups excluding carboxylic acids is 3. The topological polar surface area (TPSA) is 116 Å². The Bertz CT molecular complexity index is 979. The van der Waals surface area contributed by atoms with Crippen LogP contribution in [0.3, 0.4) is 0 Å². The van der Waals surface area contributed by atoms with Crippen LogP contribution in [0.25, 0.3) is 0 Å². The normalized spacial score (nSPS) is 11.1. The molecular formula is C18H19NO7S2. The van der Waals surface area contributed by atoms with Crippen molar-refractivity contribution in [3.05, 3.63) is 57.3 Å². The van der Waals surface area contributed by atoms with Gasteiger partial charge in [0.25, 0.3) is 0 Å². The molecule has 0 aliphatic carbocycles. The predicted molar refractivity (Wildman–Crippen MR) is 103 cm³/mol. The van der Waals surface area contributed by atoms with Gasteiger partial charge in [-0.25, -0.2) is 22.7 Å². The van der Waals surface area contributed by atoms with Crippen molar-refractivity contribution in [2.75, 3.05) is 26.5 Å². The third-order valence-electron chi connectivity index (χ3n) is 3.56. The van der Waals surface area contributed by atoms with Crippen molar-refractivity contribution in [1.82, 2.24) is 4.72 Å². The molecule has 0 bridgehead atoms. The molecule has 0 aliphatic heterocycles. The van der Waals surface area contributed by atoms with E-state index in [9.17, 15) is 22.8 Å². The summed E-state index contributed by atoms with van der Waals surface area (Å²) in [6.07, 6.45) is 1.51. The Kier molecular flexibility index (Phi) is 7.44. The molecule has 0 amide bonds. The van der Waals surface area contributed by atoms with Crippen molar-refractivity contribution < 1.29 is 32.3 Å². The molecule has 8 nitrogen and oxygen atoms in total. The zero-order valence-corrected chi connectivity index (χ0v) is 16.9. The first kappa shape index (κ1) is 21.7. The standard InChI is InChI=1S/C18H19NO7S2/c1-25-17(21)13-5-3-4-6-14(13)18(22)26-11-15(20)16-8-7-12(27-16)9-10-19-28(2,23)24/h3-8,19H,9-11H2,1-2H3. The smallest absolute Gasteiger partial charge is 0.339 e. The van der Waals surface area contributed by atoms with E-state index < -0.39 is 34.4 Å². The van der Waals surface area contributed by atoms with Crippen LogP contribution in [0, 0.1) is 0 Å². The molecule has 0 saturated carbocycles. The molecule has 0 saturated heterocycles. The molecule has 0 atom stereocenters. The van der Waals surface area contributed by atoms with E-state index in [2.05, 4.69) is 9.46 Å². The fourth-order valence-electron chi connectivity index (χ4n) is 2.25. The molecule has 1 aromatic carbocycles. The maximum Gasteiger partial charge on any atom is 0.339 e. The summed E-state index contributed by atoms with van der Waals surface area (Å²) in [6, 6.07) is 9.31. The lowest BCUT2D eigenvalue weighted by molar-refractivity contribution is 0.0464. The minimum atomic E-state index is -3.26. The van der Waals surface area contributed by atoms with Crippen molar-refractivity contribution in [3.63, 3.8) is 0 Å². The molecule has 150 valence electrons. The Morgan fingerprint density at radius 3 is 2.29 bits per heavy atom. The van der Waals surface area contributed by atoms with Crippen LogP contribution in [0.4, 0.5) is 0 Å². The van der Waals surface area contributed by atoms with Gasteiger partial charge in [-0.15, -0.1) is 11.3 Å². The highest BCUT2D eigenvalue weighted by atomic mass is 32.2. The SMILES string of the molecule is COC(=O)c1ccccc1C(=O)OCC(=O)c1ccc(CCNS(C)(=O)=O)s1. The maximum absolute atomic E-state index is 12.2. The van der Waals surface area contributed by atoms with Gasteiger partial charge in [0, 0.05) is 11.4 Å². The van der Waals surface area contributed by atoms with E-state index in [1.165, 1.54) is 30.6 Å². The summed E-state index contributed by atoms with van der Waals surface area (Å²) < 4.78 is 34.1. The summed E-state index contributed by atoms with van der Waals surface area (Å²) in [6.45, 7) is -0.248. The number of ketones is 1. The van der Waals surface area contributed by atoms with E-state index >= 15 is 0 Å². The molecule has 2 aromatic rings. The number of hydrogen-bond donors (Lipinski definition) is 1. The molecule has 0 fully saturated rings. The van der Waals surface area contributed by atoms with Crippen molar-refractivity contribution in [2.45, 2.75) is 6.42 Å². The molecule has 0 spiro atoms. The fourth-order valence-corrected chi connectivity index (χ4v) is 3.66. The van der Waals surface area contributed by atoms with Crippen molar-refractivity contribution in [2.24, 2.45) is 0 Å². The minimum Gasteiger partial charge on any atom is -0.465 e. The molecule has 28 heavy (non-hydrogen) atoms. The molecule has 1 N–H and O–H groups in total. The van der Waals surface area contributed by atoms with Gasteiger partial charge in [0.1, 0.15) is 0 Å². The quantitative estimate of drug-likeness (QED) is 0.480. The Labute approximate surface area is 166 Å². The highest BCUT2D eigenvalue weighted by Gasteiger charge is 2.20. The van der Waals surface area contributed by atoms with Crippen LogP contribution in [0.1, 0.15) is 35.3 Å². The van der Waals surface area contributed by atoms with Crippen molar-refractivity contribution in [1.29, 1.82) is 0 Å². The number of carbonyl (C=O) groups is 3. The Balaban J connectivity index is 1.94. The van der Waals surface area contributed by atoms with Gasteiger partial charge < -0.3 is 9.47 Å². The number of rotatable bonds is 9. The molecular weight excluding hydrogens is 406 g/mol. The van der Waals surface area contributed by atoms with Gasteiger partial charge in [-0.1, -0.05) is 12.1 Å². The van der Waals surface area contributed by atoms with E-state index in [-0.39, 0.29) is 17.7 Å². The van der Waals surface area contributed by atoms with Crippen molar-refractivity contribution in [3.8, 4) is 0 Å². The third-order valence-corrected chi connectivity index (χ3v) is 5.47. The minimum absolute atomic E-state index is 0.0147. The second kappa shape index (κ2) is 9.58. The lowest BCUT2D eigenvalue weighted by Gasteiger charge is -2.07. The van der Waals surface area contributed by atoms with Gasteiger partial charge in [0.15, 0.2) is 6.61 Å². The van der Waals surface area contributed by atoms with Gasteiger partial charge in [-0.05, 0) is 30.7 Å². The van der Waals surface area contributed by atoms with Crippen LogP contribution in [0.2, 0.25) is 0 Å². The van der Waals surface area contributed by atoms with Crippen LogP contribution in [0.5, 0.6) is 0 Å². The summed E-state index contributed by atoms with van der Waals surface area (Å²) in [7, 11) is -2.06. The van der Waals surface area contributed by atoms with Crippen molar-refractivity contribution >= 4 is 39.1 Å². The van der Waals surface area contributed by atoms with E-state index in [1.54, 1.807) is 24.3 Å². The lowest BCUT2D eigenvalue weighted by atomic mass is 10.1. The third kappa shape index (κ3) is 6.25. The number of sulfonamides is 1. The van der Waals surface area contributed by atoms with Gasteiger partial charge in [0.2, 0.25) is 15.8 Å². The summed E-state index contributed by atoms with van der Waals surface area (Å²) in [5, 5.41) is 0. The molecule has 0 unspecified atom stereocenters. The summed E-state index contributed by atoms with van der Waals surface area (Å²) in [5.41, 5.74) is 0.0695. The summed E-state index contributed by atoms with van der Waals surface area (Å²) in [4.78, 5) is 37.4. The molecule has 0 radical (unpaired) electrons. The molecule has 0 aliphatic rings. The van der Waals surface area contributed by atoms with E-state index in [1.807, 2.05) is 0 Å². The van der Waals surface area contributed by atoms with E-state index in [0.29, 0.717) is 11.3 Å². The molecule has 1 heterocycles. The highest BCUT2D eigenvalue weighted by Crippen LogP contribution is 2.18. The molecule has 1 aromatic heterocycles. The summed E-state index contributed by atoms with van der Waals surface area (Å²) >= 11 is 1.20. The van der Waals surface area contributed by atoms with E-state index in [4.69, 9.17) is 4.74 Å². The summed E-state index contributed by atoms with van der Waals surface area (Å²) in [5.74, 6) is -1.87. The van der Waals surface area contributed by atoms with Crippen LogP contribution in [-0.4, -0.2) is 52.7 Å². The second-order valence-corrected chi connectivity index (χ2v) is 8.72. The number of nitrogens with one attached hydrogen (secondary N) is 1. The monoisotopic (exact) mass is 425 g/mol. The van der Waals surface area contributed by atoms with Crippen LogP contribution in [-0.2, 0) is 25.9 Å².